The molecule has 0 spiro atoms. The first-order chi connectivity index (χ1) is 11.1. The van der Waals surface area contributed by atoms with Crippen LogP contribution in [0.3, 0.4) is 0 Å². The van der Waals surface area contributed by atoms with Crippen molar-refractivity contribution in [2.24, 2.45) is 0 Å². The predicted octanol–water partition coefficient (Wildman–Crippen LogP) is 2.62. The maximum Gasteiger partial charge on any atom is 0.220 e. The van der Waals surface area contributed by atoms with Crippen molar-refractivity contribution >= 4 is 11.6 Å². The third-order valence-electron chi connectivity index (χ3n) is 3.98. The average molecular weight is 311 g/mol. The van der Waals surface area contributed by atoms with Gasteiger partial charge in [0, 0.05) is 18.7 Å². The van der Waals surface area contributed by atoms with E-state index in [0.717, 1.165) is 11.3 Å². The van der Waals surface area contributed by atoms with Gasteiger partial charge in [-0.1, -0.05) is 48.5 Å². The first kappa shape index (κ1) is 17.0. The second kappa shape index (κ2) is 8.34. The van der Waals surface area contributed by atoms with E-state index in [9.17, 15) is 4.79 Å². The number of nitrogens with zero attached hydrogens (tertiary/aromatic N) is 1. The highest BCUT2D eigenvalue weighted by Gasteiger charge is 2.15. The maximum atomic E-state index is 12.1. The first-order valence-corrected chi connectivity index (χ1v) is 7.89. The molecule has 0 saturated carbocycles. The summed E-state index contributed by atoms with van der Waals surface area (Å²) in [5, 5.41) is 3.03. The van der Waals surface area contributed by atoms with Crippen LogP contribution in [0.4, 0.5) is 5.69 Å². The number of nitrogen functional groups attached to an aromatic ring is 1. The summed E-state index contributed by atoms with van der Waals surface area (Å²) in [6.45, 7) is 0.597. The molecule has 0 bridgehead atoms. The third kappa shape index (κ3) is 5.11. The minimum absolute atomic E-state index is 0.0519. The van der Waals surface area contributed by atoms with Crippen molar-refractivity contribution in [3.63, 3.8) is 0 Å². The van der Waals surface area contributed by atoms with Gasteiger partial charge in [-0.05, 0) is 37.7 Å². The number of likely N-dealkylation sites (N-methyl/N-ethyl adjacent to an activating group) is 1. The lowest BCUT2D eigenvalue weighted by molar-refractivity contribution is -0.121. The normalized spacial score (nSPS) is 12.1. The van der Waals surface area contributed by atoms with Crippen LogP contribution in [0.15, 0.2) is 54.6 Å². The van der Waals surface area contributed by atoms with Gasteiger partial charge in [-0.25, -0.2) is 0 Å². The van der Waals surface area contributed by atoms with Gasteiger partial charge >= 0.3 is 0 Å². The fraction of sp³-hybridized carbons (Fsp3) is 0.316. The number of nitrogens with one attached hydrogen (secondary N) is 1. The third-order valence-corrected chi connectivity index (χ3v) is 3.98. The van der Waals surface area contributed by atoms with Crippen molar-refractivity contribution in [2.75, 3.05) is 26.4 Å². The van der Waals surface area contributed by atoms with Gasteiger partial charge in [-0.2, -0.15) is 0 Å². The molecular weight excluding hydrogens is 286 g/mol. The molecule has 4 nitrogen and oxygen atoms in total. The number of para-hydroxylation sites is 1. The van der Waals surface area contributed by atoms with E-state index < -0.39 is 0 Å². The van der Waals surface area contributed by atoms with Crippen LogP contribution in [0.1, 0.15) is 23.6 Å². The van der Waals surface area contributed by atoms with E-state index in [-0.39, 0.29) is 11.9 Å². The van der Waals surface area contributed by atoms with E-state index in [1.165, 1.54) is 5.56 Å². The Labute approximate surface area is 138 Å². The first-order valence-electron chi connectivity index (χ1n) is 7.89. The highest BCUT2D eigenvalue weighted by molar-refractivity contribution is 5.76. The Balaban J connectivity index is 1.86. The molecule has 1 amide bonds. The highest BCUT2D eigenvalue weighted by atomic mass is 16.1. The van der Waals surface area contributed by atoms with Crippen molar-refractivity contribution in [1.82, 2.24) is 10.2 Å². The number of carbonyl (C=O) groups is 1. The van der Waals surface area contributed by atoms with E-state index in [1.54, 1.807) is 0 Å². The van der Waals surface area contributed by atoms with Gasteiger partial charge in [0.05, 0.1) is 6.04 Å². The average Bonchev–Trinajstić information content (AvgIpc) is 2.55. The molecule has 0 saturated heterocycles. The number of carbonyl (C=O) groups excluding carboxylic acids is 1. The number of nitrogens with two attached hydrogens (primary N) is 1. The smallest absolute Gasteiger partial charge is 0.220 e. The zero-order chi connectivity index (χ0) is 16.7. The Kier molecular flexibility index (Phi) is 6.18. The lowest BCUT2D eigenvalue weighted by Gasteiger charge is -2.25. The van der Waals surface area contributed by atoms with Crippen LogP contribution < -0.4 is 11.1 Å². The number of hydrogen-bond acceptors (Lipinski definition) is 3. The van der Waals surface area contributed by atoms with Crippen molar-refractivity contribution in [3.8, 4) is 0 Å². The van der Waals surface area contributed by atoms with Crippen LogP contribution in [0, 0.1) is 0 Å². The largest absolute Gasteiger partial charge is 0.399 e. The highest BCUT2D eigenvalue weighted by Crippen LogP contribution is 2.17. The second-order valence-corrected chi connectivity index (χ2v) is 5.89. The summed E-state index contributed by atoms with van der Waals surface area (Å²) in [5.74, 6) is 0.0519. The molecule has 2 rings (SSSR count). The van der Waals surface area contributed by atoms with E-state index in [1.807, 2.05) is 56.6 Å². The van der Waals surface area contributed by atoms with E-state index in [2.05, 4.69) is 22.3 Å². The van der Waals surface area contributed by atoms with Crippen molar-refractivity contribution in [1.29, 1.82) is 0 Å². The van der Waals surface area contributed by atoms with E-state index >= 15 is 0 Å². The molecule has 23 heavy (non-hydrogen) atoms. The predicted molar refractivity (Wildman–Crippen MR) is 95.1 cm³/mol. The molecule has 2 aromatic carbocycles. The van der Waals surface area contributed by atoms with Crippen LogP contribution in [0.25, 0.3) is 0 Å². The van der Waals surface area contributed by atoms with Crippen LogP contribution in [-0.4, -0.2) is 31.4 Å². The van der Waals surface area contributed by atoms with Crippen LogP contribution >= 0.6 is 0 Å². The summed E-state index contributed by atoms with van der Waals surface area (Å²) in [6.07, 6.45) is 1.11. The summed E-state index contributed by atoms with van der Waals surface area (Å²) < 4.78 is 0. The number of rotatable bonds is 7. The molecule has 0 aliphatic carbocycles. The Morgan fingerprint density at radius 1 is 1.09 bits per heavy atom. The number of amides is 1. The SMILES string of the molecule is CN(C)C(CNC(=O)CCc1ccccc1N)c1ccccc1. The fourth-order valence-corrected chi connectivity index (χ4v) is 2.58. The molecule has 0 aliphatic rings. The topological polar surface area (TPSA) is 58.4 Å². The van der Waals surface area contributed by atoms with Gasteiger partial charge in [-0.15, -0.1) is 0 Å². The summed E-state index contributed by atoms with van der Waals surface area (Å²) in [7, 11) is 4.04. The zero-order valence-corrected chi connectivity index (χ0v) is 13.8. The maximum absolute atomic E-state index is 12.1. The summed E-state index contributed by atoms with van der Waals surface area (Å²) in [4.78, 5) is 14.2. The van der Waals surface area contributed by atoms with Crippen LogP contribution in [-0.2, 0) is 11.2 Å². The second-order valence-electron chi connectivity index (χ2n) is 5.89. The fourth-order valence-electron chi connectivity index (χ4n) is 2.58. The van der Waals surface area contributed by atoms with Gasteiger partial charge in [0.2, 0.25) is 5.91 Å². The number of hydrogen-bond donors (Lipinski definition) is 2. The molecule has 0 heterocycles. The minimum Gasteiger partial charge on any atom is -0.399 e. The number of benzene rings is 2. The summed E-state index contributed by atoms with van der Waals surface area (Å²) in [5.41, 5.74) is 8.87. The van der Waals surface area contributed by atoms with E-state index in [0.29, 0.717) is 19.4 Å². The Morgan fingerprint density at radius 3 is 2.39 bits per heavy atom. The molecular formula is C19H25N3O. The van der Waals surface area contributed by atoms with Gasteiger partial charge in [-0.3, -0.25) is 4.79 Å². The van der Waals surface area contributed by atoms with Gasteiger partial charge in [0.1, 0.15) is 0 Å². The van der Waals surface area contributed by atoms with Crippen LogP contribution in [0.2, 0.25) is 0 Å². The molecule has 122 valence electrons. The number of aryl methyl sites for hydroxylation is 1. The quantitative estimate of drug-likeness (QED) is 0.773. The molecule has 0 aromatic heterocycles. The molecule has 1 atom stereocenters. The molecule has 3 N–H and O–H groups in total. The van der Waals surface area contributed by atoms with Gasteiger partial charge < -0.3 is 16.0 Å². The van der Waals surface area contributed by atoms with Gasteiger partial charge in [0.15, 0.2) is 0 Å². The van der Waals surface area contributed by atoms with Crippen molar-refractivity contribution < 1.29 is 4.79 Å². The van der Waals surface area contributed by atoms with Gasteiger partial charge in [0.25, 0.3) is 0 Å². The summed E-state index contributed by atoms with van der Waals surface area (Å²) in [6, 6.07) is 18.1. The molecule has 2 aromatic rings. The standard InChI is InChI=1S/C19H25N3O/c1-22(2)18(16-9-4-3-5-10-16)14-21-19(23)13-12-15-8-6-7-11-17(15)20/h3-11,18H,12-14,20H2,1-2H3,(H,21,23). The summed E-state index contributed by atoms with van der Waals surface area (Å²) >= 11 is 0. The van der Waals surface area contributed by atoms with Crippen LogP contribution in [0.5, 0.6) is 0 Å². The molecule has 0 fully saturated rings. The lowest BCUT2D eigenvalue weighted by atomic mass is 10.1. The molecule has 4 heteroatoms. The Hall–Kier alpha value is -2.33. The molecule has 0 aliphatic heterocycles. The van der Waals surface area contributed by atoms with Crippen molar-refractivity contribution in [2.45, 2.75) is 18.9 Å². The molecule has 0 radical (unpaired) electrons. The van der Waals surface area contributed by atoms with E-state index in [4.69, 9.17) is 5.73 Å². The number of anilines is 1. The lowest BCUT2D eigenvalue weighted by Crippen LogP contribution is -2.34. The molecule has 1 unspecified atom stereocenters. The monoisotopic (exact) mass is 311 g/mol. The Morgan fingerprint density at radius 2 is 1.74 bits per heavy atom. The minimum atomic E-state index is 0.0519. The Bertz CT molecular complexity index is 626. The van der Waals surface area contributed by atoms with Crippen molar-refractivity contribution in [3.05, 3.63) is 65.7 Å². The zero-order valence-electron chi connectivity index (χ0n) is 13.8.